The quantitative estimate of drug-likeness (QED) is 0.802. The molecule has 2 heteroatoms. The van der Waals surface area contributed by atoms with Crippen LogP contribution in [-0.4, -0.2) is 18.6 Å². The standard InChI is InChI=1S/C17H28N2/c1-13(2)12-19(17-9-10-17)16-7-5-15(6-8-16)11-18-14(3)4/h5-8,13-14,17-18H,9-12H2,1-4H3. The van der Waals surface area contributed by atoms with Crippen molar-refractivity contribution in [1.29, 1.82) is 0 Å². The first-order valence-corrected chi connectivity index (χ1v) is 7.65. The maximum atomic E-state index is 3.46. The Bertz CT molecular complexity index is 377. The van der Waals surface area contributed by atoms with Gasteiger partial charge >= 0.3 is 0 Å². The number of hydrogen-bond acceptors (Lipinski definition) is 2. The van der Waals surface area contributed by atoms with E-state index in [1.165, 1.54) is 30.6 Å². The summed E-state index contributed by atoms with van der Waals surface area (Å²) in [5, 5.41) is 3.46. The summed E-state index contributed by atoms with van der Waals surface area (Å²) in [6, 6.07) is 10.4. The fourth-order valence-electron chi connectivity index (χ4n) is 2.37. The second kappa shape index (κ2) is 6.42. The molecule has 1 fully saturated rings. The molecule has 106 valence electrons. The second-order valence-electron chi connectivity index (χ2n) is 6.48. The van der Waals surface area contributed by atoms with Crippen LogP contribution in [0.3, 0.4) is 0 Å². The molecule has 0 aromatic heterocycles. The molecule has 19 heavy (non-hydrogen) atoms. The van der Waals surface area contributed by atoms with Crippen molar-refractivity contribution in [2.75, 3.05) is 11.4 Å². The number of anilines is 1. The Kier molecular flexibility index (Phi) is 4.87. The van der Waals surface area contributed by atoms with Crippen LogP contribution in [0.1, 0.15) is 46.1 Å². The molecule has 1 aromatic rings. The van der Waals surface area contributed by atoms with E-state index < -0.39 is 0 Å². The van der Waals surface area contributed by atoms with Crippen LogP contribution in [0.4, 0.5) is 5.69 Å². The predicted molar refractivity (Wildman–Crippen MR) is 83.6 cm³/mol. The van der Waals surface area contributed by atoms with Crippen LogP contribution < -0.4 is 10.2 Å². The Labute approximate surface area is 118 Å². The van der Waals surface area contributed by atoms with E-state index in [9.17, 15) is 0 Å². The van der Waals surface area contributed by atoms with Gasteiger partial charge in [0.05, 0.1) is 0 Å². The molecule has 0 heterocycles. The van der Waals surface area contributed by atoms with Gasteiger partial charge in [0, 0.05) is 30.9 Å². The first kappa shape index (κ1) is 14.4. The minimum Gasteiger partial charge on any atom is -0.368 e. The van der Waals surface area contributed by atoms with Crippen molar-refractivity contribution >= 4 is 5.69 Å². The van der Waals surface area contributed by atoms with Gasteiger partial charge in [-0.1, -0.05) is 39.8 Å². The molecule has 1 aliphatic rings. The molecule has 0 amide bonds. The molecule has 1 N–H and O–H groups in total. The van der Waals surface area contributed by atoms with Crippen LogP contribution in [0.5, 0.6) is 0 Å². The fourth-order valence-corrected chi connectivity index (χ4v) is 2.37. The predicted octanol–water partition coefficient (Wildman–Crippen LogP) is 3.81. The van der Waals surface area contributed by atoms with Crippen molar-refractivity contribution in [3.8, 4) is 0 Å². The van der Waals surface area contributed by atoms with Gasteiger partial charge in [0.1, 0.15) is 0 Å². The summed E-state index contributed by atoms with van der Waals surface area (Å²) in [4.78, 5) is 2.59. The molecular weight excluding hydrogens is 232 g/mol. The minimum absolute atomic E-state index is 0.545. The summed E-state index contributed by atoms with van der Waals surface area (Å²) in [5.41, 5.74) is 2.77. The van der Waals surface area contributed by atoms with Gasteiger partial charge in [-0.05, 0) is 36.5 Å². The van der Waals surface area contributed by atoms with Gasteiger partial charge < -0.3 is 10.2 Å². The lowest BCUT2D eigenvalue weighted by atomic mass is 10.1. The molecule has 0 radical (unpaired) electrons. The smallest absolute Gasteiger partial charge is 0.0368 e. The molecule has 0 atom stereocenters. The van der Waals surface area contributed by atoms with Crippen molar-refractivity contribution in [1.82, 2.24) is 5.32 Å². The van der Waals surface area contributed by atoms with Crippen LogP contribution in [0, 0.1) is 5.92 Å². The van der Waals surface area contributed by atoms with Crippen LogP contribution in [0.15, 0.2) is 24.3 Å². The zero-order chi connectivity index (χ0) is 13.8. The van der Waals surface area contributed by atoms with Gasteiger partial charge in [0.2, 0.25) is 0 Å². The topological polar surface area (TPSA) is 15.3 Å². The second-order valence-corrected chi connectivity index (χ2v) is 6.48. The Morgan fingerprint density at radius 2 is 1.74 bits per heavy atom. The third-order valence-electron chi connectivity index (χ3n) is 3.53. The van der Waals surface area contributed by atoms with Gasteiger partial charge in [-0.2, -0.15) is 0 Å². The van der Waals surface area contributed by atoms with E-state index in [0.29, 0.717) is 6.04 Å². The van der Waals surface area contributed by atoms with Crippen molar-refractivity contribution in [3.05, 3.63) is 29.8 Å². The zero-order valence-corrected chi connectivity index (χ0v) is 12.8. The molecule has 0 unspecified atom stereocenters. The van der Waals surface area contributed by atoms with Gasteiger partial charge in [0.15, 0.2) is 0 Å². The average molecular weight is 260 g/mol. The molecule has 1 saturated carbocycles. The monoisotopic (exact) mass is 260 g/mol. The maximum Gasteiger partial charge on any atom is 0.0368 e. The molecule has 0 aliphatic heterocycles. The number of hydrogen-bond donors (Lipinski definition) is 1. The molecular formula is C17H28N2. The molecule has 2 rings (SSSR count). The summed E-state index contributed by atoms with van der Waals surface area (Å²) in [7, 11) is 0. The summed E-state index contributed by atoms with van der Waals surface area (Å²) >= 11 is 0. The summed E-state index contributed by atoms with van der Waals surface area (Å²) in [6.07, 6.45) is 2.73. The van der Waals surface area contributed by atoms with Crippen molar-refractivity contribution in [2.24, 2.45) is 5.92 Å². The van der Waals surface area contributed by atoms with E-state index in [-0.39, 0.29) is 0 Å². The first-order valence-electron chi connectivity index (χ1n) is 7.65. The molecule has 0 spiro atoms. The number of nitrogens with one attached hydrogen (secondary N) is 1. The lowest BCUT2D eigenvalue weighted by Gasteiger charge is -2.27. The molecule has 2 nitrogen and oxygen atoms in total. The molecule has 0 saturated heterocycles. The third kappa shape index (κ3) is 4.54. The van der Waals surface area contributed by atoms with Gasteiger partial charge in [-0.25, -0.2) is 0 Å². The van der Waals surface area contributed by atoms with Crippen molar-refractivity contribution in [3.63, 3.8) is 0 Å². The van der Waals surface area contributed by atoms with E-state index >= 15 is 0 Å². The maximum absolute atomic E-state index is 3.46. The largest absolute Gasteiger partial charge is 0.368 e. The van der Waals surface area contributed by atoms with Crippen LogP contribution in [-0.2, 0) is 6.54 Å². The number of benzene rings is 1. The summed E-state index contributed by atoms with van der Waals surface area (Å²) in [6.45, 7) is 11.1. The lowest BCUT2D eigenvalue weighted by molar-refractivity contribution is 0.588. The van der Waals surface area contributed by atoms with Gasteiger partial charge in [-0.15, -0.1) is 0 Å². The van der Waals surface area contributed by atoms with Crippen LogP contribution >= 0.6 is 0 Å². The van der Waals surface area contributed by atoms with E-state index in [1.807, 2.05) is 0 Å². The average Bonchev–Trinajstić information content (AvgIpc) is 3.18. The Balaban J connectivity index is 1.99. The van der Waals surface area contributed by atoms with Crippen molar-refractivity contribution in [2.45, 2.75) is 59.2 Å². The van der Waals surface area contributed by atoms with Crippen LogP contribution in [0.2, 0.25) is 0 Å². The van der Waals surface area contributed by atoms with Gasteiger partial charge in [0.25, 0.3) is 0 Å². The van der Waals surface area contributed by atoms with E-state index in [2.05, 4.69) is 62.2 Å². The van der Waals surface area contributed by atoms with Crippen LogP contribution in [0.25, 0.3) is 0 Å². The minimum atomic E-state index is 0.545. The lowest BCUT2D eigenvalue weighted by Crippen LogP contribution is -2.29. The highest BCUT2D eigenvalue weighted by atomic mass is 15.2. The molecule has 1 aliphatic carbocycles. The fraction of sp³-hybridized carbons (Fsp3) is 0.647. The van der Waals surface area contributed by atoms with E-state index in [0.717, 1.165) is 18.5 Å². The highest BCUT2D eigenvalue weighted by molar-refractivity contribution is 5.49. The summed E-state index contributed by atoms with van der Waals surface area (Å²) < 4.78 is 0. The number of rotatable bonds is 7. The number of nitrogens with zero attached hydrogens (tertiary/aromatic N) is 1. The van der Waals surface area contributed by atoms with E-state index in [4.69, 9.17) is 0 Å². The van der Waals surface area contributed by atoms with E-state index in [1.54, 1.807) is 0 Å². The SMILES string of the molecule is CC(C)CN(c1ccc(CNC(C)C)cc1)C1CC1. The highest BCUT2D eigenvalue weighted by Gasteiger charge is 2.29. The zero-order valence-electron chi connectivity index (χ0n) is 12.8. The third-order valence-corrected chi connectivity index (χ3v) is 3.53. The first-order chi connectivity index (χ1) is 9.06. The Hall–Kier alpha value is -1.02. The normalized spacial score (nSPS) is 15.3. The summed E-state index contributed by atoms with van der Waals surface area (Å²) in [5.74, 6) is 0.725. The Morgan fingerprint density at radius 3 is 2.21 bits per heavy atom. The molecule has 1 aromatic carbocycles. The Morgan fingerprint density at radius 1 is 1.11 bits per heavy atom. The van der Waals surface area contributed by atoms with Gasteiger partial charge in [-0.3, -0.25) is 0 Å². The van der Waals surface area contributed by atoms with Crippen molar-refractivity contribution < 1.29 is 0 Å². The molecule has 0 bridgehead atoms. The highest BCUT2D eigenvalue weighted by Crippen LogP contribution is 2.32.